The van der Waals surface area contributed by atoms with E-state index in [9.17, 15) is 9.59 Å². The molecule has 2 fully saturated rings. The number of hydrogen-bond acceptors (Lipinski definition) is 6. The van der Waals surface area contributed by atoms with Crippen LogP contribution in [0.2, 0.25) is 0 Å². The van der Waals surface area contributed by atoms with Crippen LogP contribution in [0.3, 0.4) is 0 Å². The van der Waals surface area contributed by atoms with Gasteiger partial charge in [-0.25, -0.2) is 0 Å². The van der Waals surface area contributed by atoms with E-state index in [2.05, 4.69) is 20.8 Å². The van der Waals surface area contributed by atoms with Crippen molar-refractivity contribution in [1.29, 1.82) is 0 Å². The van der Waals surface area contributed by atoms with Crippen LogP contribution in [0, 0.1) is 0 Å². The zero-order valence-electron chi connectivity index (χ0n) is 11.1. The lowest BCUT2D eigenvalue weighted by atomic mass is 10.2. The van der Waals surface area contributed by atoms with Gasteiger partial charge < -0.3 is 20.1 Å². The molecule has 1 atom stereocenters. The van der Waals surface area contributed by atoms with E-state index >= 15 is 0 Å². The first-order valence-electron chi connectivity index (χ1n) is 6.87. The van der Waals surface area contributed by atoms with Crippen molar-refractivity contribution in [2.24, 2.45) is 0 Å². The van der Waals surface area contributed by atoms with E-state index in [0.29, 0.717) is 31.9 Å². The Morgan fingerprint density at radius 3 is 3.05 bits per heavy atom. The van der Waals surface area contributed by atoms with Crippen molar-refractivity contribution in [2.75, 3.05) is 26.2 Å². The van der Waals surface area contributed by atoms with Crippen molar-refractivity contribution in [1.82, 2.24) is 25.7 Å². The highest BCUT2D eigenvalue weighted by molar-refractivity contribution is 5.91. The number of aromatic nitrogens is 2. The normalized spacial score (nSPS) is 23.5. The fourth-order valence-electron chi connectivity index (χ4n) is 2.47. The molecule has 2 aliphatic rings. The zero-order chi connectivity index (χ0) is 13.9. The fourth-order valence-corrected chi connectivity index (χ4v) is 2.47. The minimum Gasteiger partial charge on any atom is -0.354 e. The van der Waals surface area contributed by atoms with Gasteiger partial charge in [0.25, 0.3) is 11.7 Å². The van der Waals surface area contributed by atoms with Gasteiger partial charge in [0.2, 0.25) is 11.8 Å². The number of nitrogens with zero attached hydrogens (tertiary/aromatic N) is 3. The third kappa shape index (κ3) is 2.64. The smallest absolute Gasteiger partial charge is 0.295 e. The summed E-state index contributed by atoms with van der Waals surface area (Å²) in [7, 11) is 0. The second-order valence-corrected chi connectivity index (χ2v) is 5.00. The number of hydrogen-bond donors (Lipinski definition) is 2. The van der Waals surface area contributed by atoms with Gasteiger partial charge in [-0.15, -0.1) is 0 Å². The van der Waals surface area contributed by atoms with Gasteiger partial charge in [-0.2, -0.15) is 4.98 Å². The molecule has 0 bridgehead atoms. The maximum atomic E-state index is 12.3. The lowest BCUT2D eigenvalue weighted by Crippen LogP contribution is -2.34. The van der Waals surface area contributed by atoms with E-state index in [1.54, 1.807) is 4.90 Å². The summed E-state index contributed by atoms with van der Waals surface area (Å²) < 4.78 is 5.16. The highest BCUT2D eigenvalue weighted by atomic mass is 16.5. The van der Waals surface area contributed by atoms with Crippen molar-refractivity contribution < 1.29 is 14.1 Å². The number of nitrogens with one attached hydrogen (secondary N) is 2. The van der Waals surface area contributed by atoms with Crippen LogP contribution in [0.15, 0.2) is 4.52 Å². The van der Waals surface area contributed by atoms with E-state index < -0.39 is 0 Å². The molecule has 0 saturated carbocycles. The minimum atomic E-state index is -0.283. The van der Waals surface area contributed by atoms with Crippen LogP contribution in [-0.4, -0.2) is 53.0 Å². The molecule has 2 N–H and O–H groups in total. The first-order valence-corrected chi connectivity index (χ1v) is 6.87. The quantitative estimate of drug-likeness (QED) is 0.754. The van der Waals surface area contributed by atoms with Crippen molar-refractivity contribution in [3.63, 3.8) is 0 Å². The molecule has 2 saturated heterocycles. The second kappa shape index (κ2) is 5.58. The molecule has 2 aliphatic heterocycles. The maximum Gasteiger partial charge on any atom is 0.295 e. The van der Waals surface area contributed by atoms with Gasteiger partial charge >= 0.3 is 0 Å². The molecule has 3 heterocycles. The Morgan fingerprint density at radius 1 is 1.35 bits per heavy atom. The number of carbonyl (C=O) groups excluding carboxylic acids is 2. The Labute approximate surface area is 115 Å². The van der Waals surface area contributed by atoms with Gasteiger partial charge in [-0.3, -0.25) is 9.59 Å². The van der Waals surface area contributed by atoms with E-state index in [0.717, 1.165) is 19.4 Å². The topological polar surface area (TPSA) is 100 Å². The monoisotopic (exact) mass is 279 g/mol. The van der Waals surface area contributed by atoms with Crippen LogP contribution in [0.1, 0.15) is 41.8 Å². The highest BCUT2D eigenvalue weighted by Gasteiger charge is 2.27. The van der Waals surface area contributed by atoms with Gasteiger partial charge in [-0.1, -0.05) is 5.16 Å². The van der Waals surface area contributed by atoms with E-state index in [1.807, 2.05) is 0 Å². The van der Waals surface area contributed by atoms with E-state index in [4.69, 9.17) is 4.52 Å². The molecule has 0 radical (unpaired) electrons. The molecule has 2 amide bonds. The first kappa shape index (κ1) is 13.0. The molecule has 20 heavy (non-hydrogen) atoms. The average molecular weight is 279 g/mol. The largest absolute Gasteiger partial charge is 0.354 e. The average Bonchev–Trinajstić information content (AvgIpc) is 3.08. The Morgan fingerprint density at radius 2 is 2.25 bits per heavy atom. The molecule has 0 aromatic carbocycles. The van der Waals surface area contributed by atoms with Gasteiger partial charge in [0, 0.05) is 26.1 Å². The van der Waals surface area contributed by atoms with Gasteiger partial charge in [0.15, 0.2) is 0 Å². The molecule has 3 rings (SSSR count). The predicted molar refractivity (Wildman–Crippen MR) is 67.8 cm³/mol. The number of amides is 2. The second-order valence-electron chi connectivity index (χ2n) is 5.00. The van der Waals surface area contributed by atoms with Crippen molar-refractivity contribution >= 4 is 11.8 Å². The summed E-state index contributed by atoms with van der Waals surface area (Å²) in [5.41, 5.74) is 0. The molecule has 8 heteroatoms. The predicted octanol–water partition coefficient (Wildman–Crippen LogP) is -0.544. The van der Waals surface area contributed by atoms with Crippen LogP contribution in [0.25, 0.3) is 0 Å². The Kier molecular flexibility index (Phi) is 3.64. The standard InChI is InChI=1S/C12H17N5O3/c18-9-3-6-17(7-5-14-9)12(19)10-15-11(20-16-10)8-2-1-4-13-8/h8,13H,1-7H2,(H,14,18). The summed E-state index contributed by atoms with van der Waals surface area (Å²) >= 11 is 0. The van der Waals surface area contributed by atoms with Gasteiger partial charge in [-0.05, 0) is 19.4 Å². The van der Waals surface area contributed by atoms with Crippen LogP contribution < -0.4 is 10.6 Å². The summed E-state index contributed by atoms with van der Waals surface area (Å²) in [6.07, 6.45) is 2.31. The number of carbonyl (C=O) groups is 2. The summed E-state index contributed by atoms with van der Waals surface area (Å²) in [6.45, 7) is 2.24. The summed E-state index contributed by atoms with van der Waals surface area (Å²) in [4.78, 5) is 29.3. The van der Waals surface area contributed by atoms with Crippen molar-refractivity contribution in [3.05, 3.63) is 11.7 Å². The Bertz CT molecular complexity index is 509. The van der Waals surface area contributed by atoms with Crippen molar-refractivity contribution in [2.45, 2.75) is 25.3 Å². The molecule has 0 spiro atoms. The SMILES string of the molecule is O=C1CCN(C(=O)c2noc(C3CCCN3)n2)CCN1. The fraction of sp³-hybridized carbons (Fsp3) is 0.667. The number of rotatable bonds is 2. The Balaban J connectivity index is 1.68. The minimum absolute atomic E-state index is 0.0377. The van der Waals surface area contributed by atoms with E-state index in [-0.39, 0.29) is 23.7 Å². The summed E-state index contributed by atoms with van der Waals surface area (Å²) in [5, 5.41) is 9.73. The first-order chi connectivity index (χ1) is 9.74. The van der Waals surface area contributed by atoms with Gasteiger partial charge in [0.05, 0.1) is 6.04 Å². The molecule has 1 aromatic heterocycles. The maximum absolute atomic E-state index is 12.3. The van der Waals surface area contributed by atoms with Gasteiger partial charge in [0.1, 0.15) is 0 Å². The van der Waals surface area contributed by atoms with Crippen LogP contribution in [0.4, 0.5) is 0 Å². The van der Waals surface area contributed by atoms with Crippen LogP contribution >= 0.6 is 0 Å². The third-order valence-corrected chi connectivity index (χ3v) is 3.59. The molecular formula is C12H17N5O3. The molecule has 1 unspecified atom stereocenters. The third-order valence-electron chi connectivity index (χ3n) is 3.59. The van der Waals surface area contributed by atoms with Crippen LogP contribution in [-0.2, 0) is 4.79 Å². The molecular weight excluding hydrogens is 262 g/mol. The summed E-state index contributed by atoms with van der Waals surface area (Å²) in [5.74, 6) is 0.219. The van der Waals surface area contributed by atoms with Crippen molar-refractivity contribution in [3.8, 4) is 0 Å². The molecule has 8 nitrogen and oxygen atoms in total. The Hall–Kier alpha value is -1.96. The molecule has 0 aliphatic carbocycles. The highest BCUT2D eigenvalue weighted by Crippen LogP contribution is 2.21. The molecule has 1 aromatic rings. The van der Waals surface area contributed by atoms with Crippen LogP contribution in [0.5, 0.6) is 0 Å². The zero-order valence-corrected chi connectivity index (χ0v) is 11.1. The lowest BCUT2D eigenvalue weighted by Gasteiger charge is -2.16. The van der Waals surface area contributed by atoms with E-state index in [1.165, 1.54) is 0 Å². The lowest BCUT2D eigenvalue weighted by molar-refractivity contribution is -0.120. The summed E-state index contributed by atoms with van der Waals surface area (Å²) in [6, 6.07) is 0.0522. The molecule has 108 valence electrons.